The van der Waals surface area contributed by atoms with Gasteiger partial charge >= 0.3 is 0 Å². The predicted molar refractivity (Wildman–Crippen MR) is 76.2 cm³/mol. The van der Waals surface area contributed by atoms with Crippen LogP contribution in [0.1, 0.15) is 11.1 Å². The molecule has 0 fully saturated rings. The zero-order valence-corrected chi connectivity index (χ0v) is 11.5. The topological polar surface area (TPSA) is 62.0 Å². The van der Waals surface area contributed by atoms with Crippen molar-refractivity contribution in [3.8, 4) is 0 Å². The van der Waals surface area contributed by atoms with Crippen LogP contribution in [0.5, 0.6) is 0 Å². The molecule has 0 saturated heterocycles. The number of likely N-dealkylation sites (N-methyl/N-ethyl adjacent to an activating group) is 2. The van der Waals surface area contributed by atoms with Gasteiger partial charge in [0, 0.05) is 38.0 Å². The van der Waals surface area contributed by atoms with E-state index in [1.807, 2.05) is 32.1 Å². The molecule has 1 aliphatic rings. The van der Waals surface area contributed by atoms with Crippen molar-refractivity contribution in [3.63, 3.8) is 0 Å². The summed E-state index contributed by atoms with van der Waals surface area (Å²) in [6.07, 6.45) is 1.70. The van der Waals surface area contributed by atoms with Crippen LogP contribution in [-0.4, -0.2) is 50.3 Å². The van der Waals surface area contributed by atoms with Gasteiger partial charge in [0.2, 0.25) is 0 Å². The van der Waals surface area contributed by atoms with Gasteiger partial charge in [0.1, 0.15) is 5.69 Å². The van der Waals surface area contributed by atoms with E-state index in [-0.39, 0.29) is 10.6 Å². The summed E-state index contributed by atoms with van der Waals surface area (Å²) in [5.41, 5.74) is 2.72. The quantitative estimate of drug-likeness (QED) is 0.596. The summed E-state index contributed by atoms with van der Waals surface area (Å²) in [6.45, 7) is 2.20. The second-order valence-corrected chi connectivity index (χ2v) is 4.99. The molecule has 1 aromatic carbocycles. The van der Waals surface area contributed by atoms with Crippen LogP contribution >= 0.6 is 0 Å². The third-order valence-electron chi connectivity index (χ3n) is 3.22. The maximum Gasteiger partial charge on any atom is 0.293 e. The van der Waals surface area contributed by atoms with Crippen molar-refractivity contribution in [3.05, 3.63) is 33.4 Å². The lowest BCUT2D eigenvalue weighted by Crippen LogP contribution is -2.29. The monoisotopic (exact) mass is 262 g/mol. The Labute approximate surface area is 112 Å². The van der Waals surface area contributed by atoms with E-state index in [1.165, 1.54) is 0 Å². The first kappa shape index (κ1) is 13.5. The lowest BCUT2D eigenvalue weighted by molar-refractivity contribution is -0.384. The van der Waals surface area contributed by atoms with E-state index >= 15 is 0 Å². The lowest BCUT2D eigenvalue weighted by Gasteiger charge is -2.22. The van der Waals surface area contributed by atoms with Crippen molar-refractivity contribution in [1.82, 2.24) is 4.90 Å². The largest absolute Gasteiger partial charge is 0.368 e. The minimum absolute atomic E-state index is 0.147. The molecule has 0 aromatic heterocycles. The minimum Gasteiger partial charge on any atom is -0.368 e. The number of nitro benzene ring substituents is 1. The van der Waals surface area contributed by atoms with Gasteiger partial charge in [-0.2, -0.15) is 0 Å². The summed E-state index contributed by atoms with van der Waals surface area (Å²) >= 11 is 0. The van der Waals surface area contributed by atoms with Crippen LogP contribution in [0.15, 0.2) is 17.1 Å². The van der Waals surface area contributed by atoms with Crippen molar-refractivity contribution in [1.29, 1.82) is 0 Å². The Bertz CT molecular complexity index is 526. The second-order valence-electron chi connectivity index (χ2n) is 4.99. The Hall–Kier alpha value is -1.95. The van der Waals surface area contributed by atoms with Crippen LogP contribution in [-0.2, 0) is 6.54 Å². The summed E-state index contributed by atoms with van der Waals surface area (Å²) in [5, 5.41) is 11.2. The number of aliphatic imine (C=N–C) groups is 1. The molecule has 6 heteroatoms. The Morgan fingerprint density at radius 1 is 1.32 bits per heavy atom. The molecule has 0 radical (unpaired) electrons. The van der Waals surface area contributed by atoms with Crippen LogP contribution in [0.2, 0.25) is 0 Å². The molecule has 102 valence electrons. The normalized spacial score (nSPS) is 12.8. The van der Waals surface area contributed by atoms with Crippen LogP contribution in [0, 0.1) is 10.1 Å². The van der Waals surface area contributed by atoms with Crippen LogP contribution in [0.3, 0.4) is 0 Å². The summed E-state index contributed by atoms with van der Waals surface area (Å²) in [4.78, 5) is 19.0. The average Bonchev–Trinajstić information content (AvgIpc) is 2.81. The molecule has 19 heavy (non-hydrogen) atoms. The number of hydrogen-bond donors (Lipinski definition) is 0. The van der Waals surface area contributed by atoms with E-state index < -0.39 is 0 Å². The van der Waals surface area contributed by atoms with E-state index in [1.54, 1.807) is 12.3 Å². The molecule has 0 bridgehead atoms. The molecule has 1 aliphatic heterocycles. The molecule has 0 N–H and O–H groups in total. The molecule has 1 heterocycles. The number of nitro groups is 1. The molecule has 2 rings (SSSR count). The van der Waals surface area contributed by atoms with Crippen LogP contribution in [0.25, 0.3) is 0 Å². The first-order valence-corrected chi connectivity index (χ1v) is 6.16. The third-order valence-corrected chi connectivity index (χ3v) is 3.22. The number of fused-ring (bicyclic) bond motifs is 1. The highest BCUT2D eigenvalue weighted by atomic mass is 16.6. The molecule has 0 unspecified atom stereocenters. The number of benzene rings is 1. The Kier molecular flexibility index (Phi) is 3.80. The van der Waals surface area contributed by atoms with E-state index in [0.717, 1.165) is 24.2 Å². The summed E-state index contributed by atoms with van der Waals surface area (Å²) in [5.74, 6) is 0. The van der Waals surface area contributed by atoms with Crippen molar-refractivity contribution < 1.29 is 4.92 Å². The van der Waals surface area contributed by atoms with Crippen LogP contribution in [0.4, 0.5) is 11.4 Å². The van der Waals surface area contributed by atoms with Gasteiger partial charge in [-0.3, -0.25) is 15.1 Å². The smallest absolute Gasteiger partial charge is 0.293 e. The van der Waals surface area contributed by atoms with E-state index in [2.05, 4.69) is 9.89 Å². The second kappa shape index (κ2) is 5.36. The molecule has 1 aromatic rings. The molecule has 0 spiro atoms. The number of anilines is 1. The van der Waals surface area contributed by atoms with Crippen LogP contribution < -0.4 is 4.90 Å². The van der Waals surface area contributed by atoms with Gasteiger partial charge < -0.3 is 9.80 Å². The van der Waals surface area contributed by atoms with E-state index in [9.17, 15) is 10.1 Å². The highest BCUT2D eigenvalue weighted by molar-refractivity contribution is 5.88. The van der Waals surface area contributed by atoms with Gasteiger partial charge in [-0.25, -0.2) is 0 Å². The van der Waals surface area contributed by atoms with Crippen molar-refractivity contribution >= 4 is 17.6 Å². The van der Waals surface area contributed by atoms with Gasteiger partial charge in [0.05, 0.1) is 11.5 Å². The summed E-state index contributed by atoms with van der Waals surface area (Å²) in [7, 11) is 5.85. The predicted octanol–water partition coefficient (Wildman–Crippen LogP) is 1.53. The Balaban J connectivity index is 2.31. The molecular formula is C13H18N4O2. The molecular weight excluding hydrogens is 244 g/mol. The zero-order valence-electron chi connectivity index (χ0n) is 11.5. The van der Waals surface area contributed by atoms with Gasteiger partial charge in [-0.15, -0.1) is 0 Å². The molecule has 0 saturated carbocycles. The third kappa shape index (κ3) is 2.90. The summed E-state index contributed by atoms with van der Waals surface area (Å²) < 4.78 is 0. The maximum atomic E-state index is 11.2. The number of rotatable bonds is 5. The van der Waals surface area contributed by atoms with Crippen molar-refractivity contribution in [2.75, 3.05) is 39.1 Å². The van der Waals surface area contributed by atoms with Gasteiger partial charge in [0.25, 0.3) is 5.69 Å². The van der Waals surface area contributed by atoms with Crippen molar-refractivity contribution in [2.45, 2.75) is 6.54 Å². The standard InChI is InChI=1S/C13H18N4O2/c1-15(2)4-5-16(3)12-6-10-8-14-9-11(10)7-13(12)17(18)19/h6-7,9H,4-5,8H2,1-3H3. The zero-order chi connectivity index (χ0) is 14.0. The first-order valence-electron chi connectivity index (χ1n) is 6.16. The van der Waals surface area contributed by atoms with E-state index in [0.29, 0.717) is 12.2 Å². The molecule has 0 atom stereocenters. The van der Waals surface area contributed by atoms with E-state index in [4.69, 9.17) is 0 Å². The average molecular weight is 262 g/mol. The first-order chi connectivity index (χ1) is 8.99. The summed E-state index contributed by atoms with van der Waals surface area (Å²) in [6, 6.07) is 3.50. The molecule has 0 amide bonds. The van der Waals surface area contributed by atoms with Crippen molar-refractivity contribution in [2.24, 2.45) is 4.99 Å². The lowest BCUT2D eigenvalue weighted by atomic mass is 10.1. The fourth-order valence-corrected chi connectivity index (χ4v) is 2.06. The van der Waals surface area contributed by atoms with Gasteiger partial charge in [0.15, 0.2) is 0 Å². The Morgan fingerprint density at radius 2 is 2.05 bits per heavy atom. The molecule has 6 nitrogen and oxygen atoms in total. The maximum absolute atomic E-state index is 11.2. The fraction of sp³-hybridized carbons (Fsp3) is 0.462. The van der Waals surface area contributed by atoms with Gasteiger partial charge in [-0.05, 0) is 25.7 Å². The fourth-order valence-electron chi connectivity index (χ4n) is 2.06. The molecule has 0 aliphatic carbocycles. The minimum atomic E-state index is -0.325. The highest BCUT2D eigenvalue weighted by Crippen LogP contribution is 2.32. The highest BCUT2D eigenvalue weighted by Gasteiger charge is 2.21. The Morgan fingerprint density at radius 3 is 2.68 bits per heavy atom. The van der Waals surface area contributed by atoms with Gasteiger partial charge in [-0.1, -0.05) is 0 Å². The number of nitrogens with zero attached hydrogens (tertiary/aromatic N) is 4. The number of hydrogen-bond acceptors (Lipinski definition) is 5. The SMILES string of the molecule is CN(C)CCN(C)c1cc2c(cc1[N+](=O)[O-])C=NC2.